The van der Waals surface area contributed by atoms with E-state index in [0.29, 0.717) is 16.5 Å². The van der Waals surface area contributed by atoms with Gasteiger partial charge >= 0.3 is 0 Å². The van der Waals surface area contributed by atoms with Crippen molar-refractivity contribution in [3.05, 3.63) is 59.2 Å². The molecule has 140 valence electrons. The van der Waals surface area contributed by atoms with Gasteiger partial charge in [0.25, 0.3) is 0 Å². The van der Waals surface area contributed by atoms with Crippen LogP contribution in [0.1, 0.15) is 35.3 Å². The number of carbonyl (C=O) groups excluding carboxylic acids is 1. The van der Waals surface area contributed by atoms with Crippen LogP contribution in [0.5, 0.6) is 5.75 Å². The monoisotopic (exact) mass is 382 g/mol. The molecule has 0 unspecified atom stereocenters. The number of tetrazole rings is 1. The average Bonchev–Trinajstić information content (AvgIpc) is 3.15. The minimum absolute atomic E-state index is 0.0495. The highest BCUT2D eigenvalue weighted by atomic mass is 32.2. The van der Waals surface area contributed by atoms with Gasteiger partial charge in [-0.1, -0.05) is 49.0 Å². The third-order valence-electron chi connectivity index (χ3n) is 4.30. The molecule has 27 heavy (non-hydrogen) atoms. The highest BCUT2D eigenvalue weighted by Gasteiger charge is 2.21. The van der Waals surface area contributed by atoms with Gasteiger partial charge in [0.05, 0.1) is 12.4 Å². The summed E-state index contributed by atoms with van der Waals surface area (Å²) in [6.45, 7) is 5.95. The van der Waals surface area contributed by atoms with Crippen molar-refractivity contribution in [3.63, 3.8) is 0 Å². The van der Waals surface area contributed by atoms with Crippen molar-refractivity contribution in [1.82, 2.24) is 20.2 Å². The summed E-state index contributed by atoms with van der Waals surface area (Å²) in [4.78, 5) is 12.8. The number of thioether (sulfide) groups is 1. The number of Topliss-reactive ketones (excluding diaryl/α,β-unsaturated/α-hetero) is 1. The number of rotatable bonds is 7. The van der Waals surface area contributed by atoms with Crippen LogP contribution in [-0.2, 0) is 6.42 Å². The lowest BCUT2D eigenvalue weighted by Gasteiger charge is -2.13. The predicted molar refractivity (Wildman–Crippen MR) is 106 cm³/mol. The minimum atomic E-state index is -0.321. The van der Waals surface area contributed by atoms with Gasteiger partial charge in [-0.15, -0.1) is 5.10 Å². The predicted octanol–water partition coefficient (Wildman–Crippen LogP) is 3.91. The molecule has 0 saturated heterocycles. The molecular formula is C20H22N4O2S. The van der Waals surface area contributed by atoms with Crippen LogP contribution in [-0.4, -0.2) is 38.4 Å². The molecule has 3 aromatic rings. The lowest BCUT2D eigenvalue weighted by molar-refractivity contribution is 0.0994. The molecule has 2 aromatic carbocycles. The van der Waals surface area contributed by atoms with Gasteiger partial charge in [-0.3, -0.25) is 4.79 Å². The molecular weight excluding hydrogens is 360 g/mol. The fourth-order valence-corrected chi connectivity index (χ4v) is 3.60. The number of ether oxygens (including phenoxy) is 1. The number of benzene rings is 2. The summed E-state index contributed by atoms with van der Waals surface area (Å²) in [6.07, 6.45) is 0.950. The Labute approximate surface area is 162 Å². The molecule has 0 N–H and O–H groups in total. The van der Waals surface area contributed by atoms with Crippen molar-refractivity contribution in [2.75, 3.05) is 7.11 Å². The second kappa shape index (κ2) is 8.35. The topological polar surface area (TPSA) is 69.9 Å². The maximum absolute atomic E-state index is 12.8. The second-order valence-corrected chi connectivity index (χ2v) is 7.53. The number of nitrogens with zero attached hydrogens (tertiary/aromatic N) is 4. The van der Waals surface area contributed by atoms with Crippen molar-refractivity contribution >= 4 is 17.5 Å². The van der Waals surface area contributed by atoms with Gasteiger partial charge in [0.1, 0.15) is 11.4 Å². The number of hydrogen-bond acceptors (Lipinski definition) is 6. The second-order valence-electron chi connectivity index (χ2n) is 6.22. The first kappa shape index (κ1) is 19.1. The van der Waals surface area contributed by atoms with Gasteiger partial charge in [-0.05, 0) is 54.0 Å². The van der Waals surface area contributed by atoms with Crippen LogP contribution in [0.3, 0.4) is 0 Å². The van der Waals surface area contributed by atoms with Crippen LogP contribution in [0.25, 0.3) is 5.69 Å². The molecule has 0 saturated carbocycles. The van der Waals surface area contributed by atoms with Crippen molar-refractivity contribution in [1.29, 1.82) is 0 Å². The molecule has 0 aliphatic carbocycles. The summed E-state index contributed by atoms with van der Waals surface area (Å²) in [6, 6.07) is 13.5. The van der Waals surface area contributed by atoms with E-state index in [0.717, 1.165) is 17.7 Å². The van der Waals surface area contributed by atoms with Crippen LogP contribution in [0.15, 0.2) is 47.6 Å². The van der Waals surface area contributed by atoms with Crippen LogP contribution in [0.4, 0.5) is 0 Å². The maximum atomic E-state index is 12.8. The molecule has 0 bridgehead atoms. The van der Waals surface area contributed by atoms with Gasteiger partial charge in [0, 0.05) is 5.56 Å². The van der Waals surface area contributed by atoms with Gasteiger partial charge < -0.3 is 4.74 Å². The number of hydrogen-bond donors (Lipinski definition) is 0. The van der Waals surface area contributed by atoms with E-state index in [1.54, 1.807) is 11.8 Å². The van der Waals surface area contributed by atoms with Crippen molar-refractivity contribution < 1.29 is 9.53 Å². The highest BCUT2D eigenvalue weighted by Crippen LogP contribution is 2.29. The third kappa shape index (κ3) is 4.19. The molecule has 1 aromatic heterocycles. The normalized spacial score (nSPS) is 12.0. The Balaban J connectivity index is 1.84. The van der Waals surface area contributed by atoms with Gasteiger partial charge in [-0.25, -0.2) is 0 Å². The molecule has 0 amide bonds. The number of carbonyl (C=O) groups is 1. The number of methoxy groups -OCH3 is 1. The zero-order valence-electron chi connectivity index (χ0n) is 15.8. The molecule has 0 fully saturated rings. The van der Waals surface area contributed by atoms with Crippen molar-refractivity contribution in [2.45, 2.75) is 37.6 Å². The molecule has 0 aliphatic rings. The van der Waals surface area contributed by atoms with Gasteiger partial charge in [0.2, 0.25) is 5.16 Å². The first-order chi connectivity index (χ1) is 13.0. The van der Waals surface area contributed by atoms with E-state index in [2.05, 4.69) is 22.4 Å². The van der Waals surface area contributed by atoms with Crippen LogP contribution >= 0.6 is 11.8 Å². The van der Waals surface area contributed by atoms with Crippen LogP contribution in [0.2, 0.25) is 0 Å². The zero-order valence-corrected chi connectivity index (χ0v) is 16.7. The standard InChI is InChI=1S/C20H22N4O2S/c1-5-15-7-9-16(10-8-15)19(25)14(3)27-20-21-22-23-24(20)17-12-13(2)6-11-18(17)26-4/h6-12,14H,5H2,1-4H3/t14-/m1/s1. The Kier molecular flexibility index (Phi) is 5.91. The first-order valence-electron chi connectivity index (χ1n) is 8.76. The van der Waals surface area contributed by atoms with Gasteiger partial charge in [0.15, 0.2) is 5.78 Å². The van der Waals surface area contributed by atoms with Crippen molar-refractivity contribution in [2.24, 2.45) is 0 Å². The molecule has 0 aliphatic heterocycles. The number of ketones is 1. The largest absolute Gasteiger partial charge is 0.494 e. The number of aryl methyl sites for hydroxylation is 2. The maximum Gasteiger partial charge on any atom is 0.214 e. The summed E-state index contributed by atoms with van der Waals surface area (Å²) in [5.41, 5.74) is 3.72. The molecule has 1 heterocycles. The summed E-state index contributed by atoms with van der Waals surface area (Å²) >= 11 is 1.33. The van der Waals surface area contributed by atoms with E-state index < -0.39 is 0 Å². The van der Waals surface area contributed by atoms with Crippen LogP contribution in [0, 0.1) is 6.92 Å². The summed E-state index contributed by atoms with van der Waals surface area (Å²) < 4.78 is 7.04. The van der Waals surface area contributed by atoms with Crippen molar-refractivity contribution in [3.8, 4) is 11.4 Å². The first-order valence-corrected chi connectivity index (χ1v) is 9.64. The molecule has 0 radical (unpaired) electrons. The molecule has 1 atom stereocenters. The third-order valence-corrected chi connectivity index (χ3v) is 5.33. The summed E-state index contributed by atoms with van der Waals surface area (Å²) in [7, 11) is 1.61. The SMILES string of the molecule is CCc1ccc(C(=O)[C@@H](C)Sc2nnnn2-c2cc(C)ccc2OC)cc1. The van der Waals surface area contributed by atoms with Gasteiger partial charge in [-0.2, -0.15) is 4.68 Å². The average molecular weight is 382 g/mol. The molecule has 7 heteroatoms. The van der Waals surface area contributed by atoms with E-state index >= 15 is 0 Å². The molecule has 6 nitrogen and oxygen atoms in total. The smallest absolute Gasteiger partial charge is 0.214 e. The van der Waals surface area contributed by atoms with Crippen LogP contribution < -0.4 is 4.74 Å². The highest BCUT2D eigenvalue weighted by molar-refractivity contribution is 8.00. The Hall–Kier alpha value is -2.67. The van der Waals surface area contributed by atoms with E-state index in [-0.39, 0.29) is 11.0 Å². The Morgan fingerprint density at radius 3 is 2.63 bits per heavy atom. The molecule has 0 spiro atoms. The minimum Gasteiger partial charge on any atom is -0.494 e. The van der Waals surface area contributed by atoms with E-state index in [4.69, 9.17) is 4.74 Å². The lowest BCUT2D eigenvalue weighted by Crippen LogP contribution is -2.15. The fraction of sp³-hybridized carbons (Fsp3) is 0.300. The summed E-state index contributed by atoms with van der Waals surface area (Å²) in [5, 5.41) is 12.2. The van der Waals surface area contributed by atoms with E-state index in [9.17, 15) is 4.79 Å². The number of aromatic nitrogens is 4. The Morgan fingerprint density at radius 1 is 1.22 bits per heavy atom. The Bertz CT molecular complexity index is 937. The lowest BCUT2D eigenvalue weighted by atomic mass is 10.1. The fourth-order valence-electron chi connectivity index (χ4n) is 2.72. The quantitative estimate of drug-likeness (QED) is 0.456. The van der Waals surface area contributed by atoms with E-state index in [1.165, 1.54) is 17.3 Å². The molecule has 3 rings (SSSR count). The summed E-state index contributed by atoms with van der Waals surface area (Å²) in [5.74, 6) is 0.720. The Morgan fingerprint density at radius 2 is 1.96 bits per heavy atom. The zero-order chi connectivity index (χ0) is 19.4. The van der Waals surface area contributed by atoms with E-state index in [1.807, 2.05) is 56.3 Å².